The Labute approximate surface area is 135 Å². The number of fused-ring (bicyclic) bond motifs is 1. The number of para-hydroxylation sites is 1. The lowest BCUT2D eigenvalue weighted by Gasteiger charge is -2.04. The summed E-state index contributed by atoms with van der Waals surface area (Å²) in [6.45, 7) is 1.85. The van der Waals surface area contributed by atoms with E-state index in [9.17, 15) is 4.79 Å². The van der Waals surface area contributed by atoms with Gasteiger partial charge in [-0.1, -0.05) is 45.7 Å². The van der Waals surface area contributed by atoms with Gasteiger partial charge in [0.25, 0.3) is 5.91 Å². The lowest BCUT2D eigenvalue weighted by Crippen LogP contribution is -2.11. The van der Waals surface area contributed by atoms with Crippen LogP contribution in [0.5, 0.6) is 0 Å². The molecule has 0 fully saturated rings. The van der Waals surface area contributed by atoms with Crippen molar-refractivity contribution in [3.63, 3.8) is 0 Å². The Bertz CT molecular complexity index is 841. The van der Waals surface area contributed by atoms with Crippen LogP contribution in [-0.4, -0.2) is 5.91 Å². The molecule has 0 saturated carbocycles. The molecule has 3 aromatic rings. The van der Waals surface area contributed by atoms with Crippen LogP contribution in [0.2, 0.25) is 5.02 Å². The average molecular weight is 365 g/mol. The van der Waals surface area contributed by atoms with Crippen LogP contribution in [0.15, 0.2) is 51.4 Å². The molecular weight excluding hydrogens is 354 g/mol. The molecule has 0 bridgehead atoms. The standard InChI is InChI=1S/C16H11BrClNO2/c1-9-12-6-3-7-13(18)15(12)21-14(9)16(20)19-11-5-2-4-10(17)8-11/h2-8H,1H3,(H,19,20). The van der Waals surface area contributed by atoms with E-state index < -0.39 is 0 Å². The molecule has 0 aliphatic heterocycles. The van der Waals surface area contributed by atoms with Crippen molar-refractivity contribution in [2.45, 2.75) is 6.92 Å². The number of halogens is 2. The van der Waals surface area contributed by atoms with Crippen LogP contribution in [0.3, 0.4) is 0 Å². The van der Waals surface area contributed by atoms with Crippen molar-refractivity contribution in [1.29, 1.82) is 0 Å². The molecule has 0 saturated heterocycles. The maximum absolute atomic E-state index is 12.4. The van der Waals surface area contributed by atoms with E-state index in [1.54, 1.807) is 6.07 Å². The first-order valence-electron chi connectivity index (χ1n) is 6.31. The van der Waals surface area contributed by atoms with Gasteiger partial charge in [-0.2, -0.15) is 0 Å². The molecule has 0 atom stereocenters. The molecule has 5 heteroatoms. The Morgan fingerprint density at radius 1 is 1.24 bits per heavy atom. The van der Waals surface area contributed by atoms with E-state index in [4.69, 9.17) is 16.0 Å². The fourth-order valence-corrected chi connectivity index (χ4v) is 2.79. The molecule has 1 heterocycles. The Kier molecular flexibility index (Phi) is 3.74. The second-order valence-corrected chi connectivity index (χ2v) is 5.96. The van der Waals surface area contributed by atoms with Crippen LogP contribution in [0.1, 0.15) is 16.1 Å². The van der Waals surface area contributed by atoms with E-state index in [0.29, 0.717) is 16.3 Å². The topological polar surface area (TPSA) is 42.2 Å². The zero-order chi connectivity index (χ0) is 15.0. The van der Waals surface area contributed by atoms with Crippen LogP contribution in [0, 0.1) is 6.92 Å². The summed E-state index contributed by atoms with van der Waals surface area (Å²) in [5.74, 6) is -0.0176. The molecule has 21 heavy (non-hydrogen) atoms. The molecule has 0 aliphatic rings. The molecule has 2 aromatic carbocycles. The molecule has 3 rings (SSSR count). The Balaban J connectivity index is 1.98. The van der Waals surface area contributed by atoms with Crippen LogP contribution in [0.4, 0.5) is 5.69 Å². The second-order valence-electron chi connectivity index (χ2n) is 4.64. The minimum absolute atomic E-state index is 0.276. The average Bonchev–Trinajstić information content (AvgIpc) is 2.78. The van der Waals surface area contributed by atoms with Crippen LogP contribution in [-0.2, 0) is 0 Å². The Morgan fingerprint density at radius 2 is 2.00 bits per heavy atom. The van der Waals surface area contributed by atoms with Gasteiger partial charge in [-0.05, 0) is 31.2 Å². The second kappa shape index (κ2) is 5.54. The third-order valence-corrected chi connectivity index (χ3v) is 4.00. The van der Waals surface area contributed by atoms with Crippen molar-refractivity contribution in [3.05, 3.63) is 63.3 Å². The van der Waals surface area contributed by atoms with Gasteiger partial charge in [-0.15, -0.1) is 0 Å². The summed E-state index contributed by atoms with van der Waals surface area (Å²) in [6.07, 6.45) is 0. The predicted octanol–water partition coefficient (Wildman–Crippen LogP) is 5.41. The maximum atomic E-state index is 12.4. The summed E-state index contributed by atoms with van der Waals surface area (Å²) in [5, 5.41) is 4.16. The molecule has 106 valence electrons. The fourth-order valence-electron chi connectivity index (χ4n) is 2.18. The summed E-state index contributed by atoms with van der Waals surface area (Å²) in [5.41, 5.74) is 2.01. The highest BCUT2D eigenvalue weighted by Gasteiger charge is 2.19. The number of carbonyl (C=O) groups excluding carboxylic acids is 1. The third-order valence-electron chi connectivity index (χ3n) is 3.20. The predicted molar refractivity (Wildman–Crippen MR) is 88.1 cm³/mol. The highest BCUT2D eigenvalue weighted by molar-refractivity contribution is 9.10. The van der Waals surface area contributed by atoms with Gasteiger partial charge in [0, 0.05) is 21.1 Å². The van der Waals surface area contributed by atoms with Gasteiger partial charge in [0.1, 0.15) is 0 Å². The van der Waals surface area contributed by atoms with E-state index in [1.165, 1.54) is 0 Å². The lowest BCUT2D eigenvalue weighted by atomic mass is 10.1. The van der Waals surface area contributed by atoms with Gasteiger partial charge in [0.05, 0.1) is 5.02 Å². The zero-order valence-corrected chi connectivity index (χ0v) is 13.5. The van der Waals surface area contributed by atoms with Crippen molar-refractivity contribution in [3.8, 4) is 0 Å². The molecule has 0 spiro atoms. The van der Waals surface area contributed by atoms with Crippen molar-refractivity contribution < 1.29 is 9.21 Å². The van der Waals surface area contributed by atoms with E-state index in [2.05, 4.69) is 21.2 Å². The Hall–Kier alpha value is -1.78. The highest BCUT2D eigenvalue weighted by Crippen LogP contribution is 2.31. The number of benzene rings is 2. The quantitative estimate of drug-likeness (QED) is 0.660. The van der Waals surface area contributed by atoms with Crippen molar-refractivity contribution in [1.82, 2.24) is 0 Å². The smallest absolute Gasteiger partial charge is 0.291 e. The summed E-state index contributed by atoms with van der Waals surface area (Å²) < 4.78 is 6.53. The monoisotopic (exact) mass is 363 g/mol. The fraction of sp³-hybridized carbons (Fsp3) is 0.0625. The summed E-state index contributed by atoms with van der Waals surface area (Å²) in [6, 6.07) is 12.8. The van der Waals surface area contributed by atoms with Crippen LogP contribution < -0.4 is 5.32 Å². The molecule has 3 nitrogen and oxygen atoms in total. The zero-order valence-electron chi connectivity index (χ0n) is 11.1. The molecule has 1 aromatic heterocycles. The number of furan rings is 1. The highest BCUT2D eigenvalue weighted by atomic mass is 79.9. The first kappa shape index (κ1) is 14.2. The van der Waals surface area contributed by atoms with Crippen molar-refractivity contribution in [2.75, 3.05) is 5.32 Å². The van der Waals surface area contributed by atoms with Gasteiger partial charge in [0.2, 0.25) is 0 Å². The van der Waals surface area contributed by atoms with Crippen molar-refractivity contribution >= 4 is 50.1 Å². The van der Waals surface area contributed by atoms with Gasteiger partial charge in [-0.25, -0.2) is 0 Å². The molecule has 0 aliphatic carbocycles. The van der Waals surface area contributed by atoms with E-state index in [1.807, 2.05) is 43.3 Å². The van der Waals surface area contributed by atoms with Gasteiger partial charge >= 0.3 is 0 Å². The normalized spacial score (nSPS) is 10.8. The SMILES string of the molecule is Cc1c(C(=O)Nc2cccc(Br)c2)oc2c(Cl)cccc12. The number of rotatable bonds is 2. The summed E-state index contributed by atoms with van der Waals surface area (Å²) in [7, 11) is 0. The number of aryl methyl sites for hydroxylation is 1. The number of anilines is 1. The number of amides is 1. The molecule has 1 amide bonds. The molecule has 0 radical (unpaired) electrons. The van der Waals surface area contributed by atoms with Gasteiger partial charge < -0.3 is 9.73 Å². The van der Waals surface area contributed by atoms with E-state index >= 15 is 0 Å². The van der Waals surface area contributed by atoms with Crippen molar-refractivity contribution in [2.24, 2.45) is 0 Å². The maximum Gasteiger partial charge on any atom is 0.291 e. The lowest BCUT2D eigenvalue weighted by molar-refractivity contribution is 0.0998. The van der Waals surface area contributed by atoms with Gasteiger partial charge in [0.15, 0.2) is 11.3 Å². The molecular formula is C16H11BrClNO2. The largest absolute Gasteiger partial charge is 0.449 e. The third kappa shape index (κ3) is 2.69. The van der Waals surface area contributed by atoms with E-state index in [-0.39, 0.29) is 11.7 Å². The number of hydrogen-bond acceptors (Lipinski definition) is 2. The number of carbonyl (C=O) groups is 1. The minimum atomic E-state index is -0.294. The number of hydrogen-bond donors (Lipinski definition) is 1. The first-order chi connectivity index (χ1) is 10.1. The minimum Gasteiger partial charge on any atom is -0.449 e. The summed E-state index contributed by atoms with van der Waals surface area (Å²) >= 11 is 9.46. The number of nitrogens with one attached hydrogen (secondary N) is 1. The first-order valence-corrected chi connectivity index (χ1v) is 7.48. The van der Waals surface area contributed by atoms with Crippen LogP contribution >= 0.6 is 27.5 Å². The molecule has 0 unspecified atom stereocenters. The van der Waals surface area contributed by atoms with Crippen LogP contribution in [0.25, 0.3) is 11.0 Å². The molecule has 1 N–H and O–H groups in total. The Morgan fingerprint density at radius 3 is 2.71 bits per heavy atom. The summed E-state index contributed by atoms with van der Waals surface area (Å²) in [4.78, 5) is 12.4. The van der Waals surface area contributed by atoms with Gasteiger partial charge in [-0.3, -0.25) is 4.79 Å². The van der Waals surface area contributed by atoms with E-state index in [0.717, 1.165) is 15.4 Å².